The number of nitrogens with zero attached hydrogens (tertiary/aromatic N) is 7. The fourth-order valence-electron chi connectivity index (χ4n) is 5.06. The van der Waals surface area contributed by atoms with Crippen LogP contribution >= 0.6 is 11.5 Å². The van der Waals surface area contributed by atoms with E-state index in [1.165, 1.54) is 23.9 Å². The number of carbonyl (C=O) groups excluding carboxylic acids is 1. The fraction of sp³-hybridized carbons (Fsp3) is 0.571. The van der Waals surface area contributed by atoms with Gasteiger partial charge in [0.1, 0.15) is 22.9 Å². The smallest absolute Gasteiger partial charge is 0.205 e. The molecule has 6 heterocycles. The van der Waals surface area contributed by atoms with Crippen LogP contribution in [0.4, 0.5) is 5.13 Å². The van der Waals surface area contributed by atoms with Gasteiger partial charge in [-0.1, -0.05) is 20.8 Å². The topological polar surface area (TPSA) is 117 Å². The van der Waals surface area contributed by atoms with Crippen LogP contribution in [-0.2, 0) is 11.8 Å². The minimum atomic E-state index is -0.197. The molecule has 3 aromatic rings. The van der Waals surface area contributed by atoms with Gasteiger partial charge in [0, 0.05) is 80.3 Å². The second kappa shape index (κ2) is 11.2. The Morgan fingerprint density at radius 2 is 1.92 bits per heavy atom. The lowest BCUT2D eigenvalue weighted by Crippen LogP contribution is -2.47. The maximum atomic E-state index is 10.8. The number of β-amino-alcohol motifs (C(OH)–C–C–N with tert-alkyl or cyclic N) is 1. The van der Waals surface area contributed by atoms with E-state index in [4.69, 9.17) is 14.8 Å². The molecule has 39 heavy (non-hydrogen) atoms. The molecule has 1 N–H and O–H groups in total. The minimum absolute atomic E-state index is 0.00392. The highest BCUT2D eigenvalue weighted by atomic mass is 32.1. The van der Waals surface area contributed by atoms with Crippen LogP contribution in [0.2, 0.25) is 0 Å². The number of carbonyl (C=O) groups is 1. The quantitative estimate of drug-likeness (QED) is 0.472. The summed E-state index contributed by atoms with van der Waals surface area (Å²) in [7, 11) is 2.02. The maximum absolute atomic E-state index is 10.8. The van der Waals surface area contributed by atoms with Crippen molar-refractivity contribution in [2.45, 2.75) is 70.0 Å². The summed E-state index contributed by atoms with van der Waals surface area (Å²) in [6, 6.07) is 2.01. The number of ether oxygens (including phenoxy) is 1. The van der Waals surface area contributed by atoms with Crippen LogP contribution in [0.15, 0.2) is 24.7 Å². The number of aromatic nitrogens is 5. The lowest BCUT2D eigenvalue weighted by Gasteiger charge is -2.38. The van der Waals surface area contributed by atoms with Crippen molar-refractivity contribution in [1.82, 2.24) is 29.2 Å². The molecule has 3 aliphatic rings. The van der Waals surface area contributed by atoms with Crippen LogP contribution in [-0.4, -0.2) is 85.5 Å². The molecular formula is C28H37N7O3S. The Morgan fingerprint density at radius 1 is 1.18 bits per heavy atom. The van der Waals surface area contributed by atoms with E-state index in [2.05, 4.69) is 49.9 Å². The predicted octanol–water partition coefficient (Wildman–Crippen LogP) is 3.55. The number of hydrogen-bond acceptors (Lipinski definition) is 11. The zero-order chi connectivity index (χ0) is 27.6. The Balaban J connectivity index is 0.000000384. The number of rotatable bonds is 5. The number of pyridine rings is 1. The number of aliphatic hydroxyl groups excluding tert-OH is 1. The second-order valence-corrected chi connectivity index (χ2v) is 12.2. The molecule has 2 fully saturated rings. The number of aliphatic hydroxyl groups is 1. The lowest BCUT2D eigenvalue weighted by atomic mass is 9.87. The summed E-state index contributed by atoms with van der Waals surface area (Å²) in [5, 5.41) is 9.86. The molecule has 1 unspecified atom stereocenters. The second-order valence-electron chi connectivity index (χ2n) is 11.4. The minimum Gasteiger partial charge on any atom is -0.485 e. The van der Waals surface area contributed by atoms with E-state index in [0.29, 0.717) is 17.1 Å². The Kier molecular flexibility index (Phi) is 7.93. The average molecular weight is 552 g/mol. The molecule has 0 aliphatic carbocycles. The van der Waals surface area contributed by atoms with E-state index >= 15 is 0 Å². The van der Waals surface area contributed by atoms with Crippen molar-refractivity contribution in [3.05, 3.63) is 41.6 Å². The molecule has 0 radical (unpaired) electrons. The van der Waals surface area contributed by atoms with Gasteiger partial charge in [-0.3, -0.25) is 4.79 Å². The van der Waals surface area contributed by atoms with Gasteiger partial charge in [0.05, 0.1) is 17.9 Å². The summed E-state index contributed by atoms with van der Waals surface area (Å²) in [5.74, 6) is 2.29. The van der Waals surface area contributed by atoms with Crippen LogP contribution in [0.5, 0.6) is 5.75 Å². The lowest BCUT2D eigenvalue weighted by molar-refractivity contribution is 0.0665. The van der Waals surface area contributed by atoms with Gasteiger partial charge >= 0.3 is 0 Å². The van der Waals surface area contributed by atoms with E-state index < -0.39 is 0 Å². The first-order chi connectivity index (χ1) is 18.7. The van der Waals surface area contributed by atoms with E-state index in [-0.39, 0.29) is 17.1 Å². The van der Waals surface area contributed by atoms with Gasteiger partial charge < -0.3 is 19.6 Å². The highest BCUT2D eigenvalue weighted by molar-refractivity contribution is 7.09. The normalized spacial score (nSPS) is 20.3. The summed E-state index contributed by atoms with van der Waals surface area (Å²) >= 11 is 1.50. The molecule has 3 aliphatic heterocycles. The van der Waals surface area contributed by atoms with Gasteiger partial charge in [0.25, 0.3) is 0 Å². The van der Waals surface area contributed by atoms with Crippen molar-refractivity contribution in [3.63, 3.8) is 0 Å². The van der Waals surface area contributed by atoms with Crippen LogP contribution < -0.4 is 9.64 Å². The van der Waals surface area contributed by atoms with Crippen molar-refractivity contribution < 1.29 is 14.6 Å². The molecule has 6 rings (SSSR count). The molecule has 1 atom stereocenters. The van der Waals surface area contributed by atoms with Gasteiger partial charge in [-0.25, -0.2) is 19.9 Å². The monoisotopic (exact) mass is 551 g/mol. The van der Waals surface area contributed by atoms with Gasteiger partial charge in [0.2, 0.25) is 5.13 Å². The molecule has 2 saturated heterocycles. The summed E-state index contributed by atoms with van der Waals surface area (Å²) in [6.45, 7) is 10.3. The molecule has 3 aromatic heterocycles. The number of likely N-dealkylation sites (N-methyl/N-ethyl adjacent to an activating group) is 1. The van der Waals surface area contributed by atoms with E-state index in [0.717, 1.165) is 86.8 Å². The van der Waals surface area contributed by atoms with Gasteiger partial charge in [-0.05, 0) is 26.0 Å². The average Bonchev–Trinajstić information content (AvgIpc) is 3.68. The summed E-state index contributed by atoms with van der Waals surface area (Å²) in [4.78, 5) is 33.1. The number of fused-ring (bicyclic) bond motifs is 1. The summed E-state index contributed by atoms with van der Waals surface area (Å²) in [6.07, 6.45) is 10.1. The van der Waals surface area contributed by atoms with Gasteiger partial charge in [-0.2, -0.15) is 4.37 Å². The van der Waals surface area contributed by atoms with Crippen molar-refractivity contribution in [1.29, 1.82) is 0 Å². The van der Waals surface area contributed by atoms with Gasteiger partial charge in [0.15, 0.2) is 12.1 Å². The number of piperidine rings is 1. The third-order valence-electron chi connectivity index (χ3n) is 8.04. The Morgan fingerprint density at radius 3 is 2.51 bits per heavy atom. The molecular weight excluding hydrogens is 514 g/mol. The van der Waals surface area contributed by atoms with Crippen molar-refractivity contribution in [2.24, 2.45) is 0 Å². The molecule has 11 heteroatoms. The Labute approximate surface area is 233 Å². The first-order valence-electron chi connectivity index (χ1n) is 13.6. The Bertz CT molecular complexity index is 1280. The fourth-order valence-corrected chi connectivity index (χ4v) is 5.94. The third-order valence-corrected chi connectivity index (χ3v) is 8.82. The van der Waals surface area contributed by atoms with Gasteiger partial charge in [-0.15, -0.1) is 0 Å². The molecule has 0 saturated carbocycles. The largest absolute Gasteiger partial charge is 0.485 e. The van der Waals surface area contributed by atoms with Crippen molar-refractivity contribution in [3.8, 4) is 17.3 Å². The standard InChI is InChI=1S/C23H26N6O2S.C5H11NO/c1-4-22(2,3)20-27-21(32-28-20)29-7-5-23(6-8-29)10-16-9-17(24-13-18(16)31-23)19-25-11-15(14-30)12-26-19;1-6-3-2-5(7)4-6/h9,11-14H,4-8,10H2,1-3H3;5,7H,2-4H2,1H3. The number of hydrogen-bond donors (Lipinski definition) is 1. The van der Waals surface area contributed by atoms with E-state index in [1.54, 1.807) is 6.20 Å². The molecule has 0 amide bonds. The van der Waals surface area contributed by atoms with Crippen molar-refractivity contribution >= 4 is 23.0 Å². The highest BCUT2D eigenvalue weighted by Crippen LogP contribution is 2.42. The van der Waals surface area contributed by atoms with Crippen LogP contribution in [0.25, 0.3) is 11.5 Å². The van der Waals surface area contributed by atoms with E-state index in [1.807, 2.05) is 13.1 Å². The SMILES string of the molecule is CCC(C)(C)c1nsc(N2CCC3(CC2)Cc2cc(-c4ncc(C=O)cn4)ncc2O3)n1.CN1CCC(O)C1. The molecule has 208 valence electrons. The molecule has 10 nitrogen and oxygen atoms in total. The third kappa shape index (κ3) is 6.10. The van der Waals surface area contributed by atoms with Crippen LogP contribution in [0, 0.1) is 0 Å². The highest BCUT2D eigenvalue weighted by Gasteiger charge is 2.43. The predicted molar refractivity (Wildman–Crippen MR) is 151 cm³/mol. The number of likely N-dealkylation sites (tertiary alicyclic amines) is 1. The zero-order valence-electron chi connectivity index (χ0n) is 23.1. The first kappa shape index (κ1) is 27.5. The first-order valence-corrected chi connectivity index (χ1v) is 14.4. The molecule has 0 bridgehead atoms. The zero-order valence-corrected chi connectivity index (χ0v) is 23.9. The van der Waals surface area contributed by atoms with Crippen LogP contribution in [0.3, 0.4) is 0 Å². The van der Waals surface area contributed by atoms with E-state index in [9.17, 15) is 4.79 Å². The number of anilines is 1. The molecule has 0 aromatic carbocycles. The molecule has 1 spiro atoms. The van der Waals surface area contributed by atoms with Crippen molar-refractivity contribution in [2.75, 3.05) is 38.1 Å². The summed E-state index contributed by atoms with van der Waals surface area (Å²) in [5.41, 5.74) is 2.08. The Hall–Kier alpha value is -3.02. The summed E-state index contributed by atoms with van der Waals surface area (Å²) < 4.78 is 11.0. The maximum Gasteiger partial charge on any atom is 0.205 e. The number of aldehydes is 1. The van der Waals surface area contributed by atoms with Crippen LogP contribution in [0.1, 0.15) is 68.2 Å².